The first-order chi connectivity index (χ1) is 9.15. The first-order valence-corrected chi connectivity index (χ1v) is 5.63. The fourth-order valence-electron chi connectivity index (χ4n) is 1.99. The van der Waals surface area contributed by atoms with Crippen molar-refractivity contribution in [2.24, 2.45) is 0 Å². The molecule has 1 heterocycles. The van der Waals surface area contributed by atoms with E-state index in [-0.39, 0.29) is 29.7 Å². The maximum atomic E-state index is 9.61. The normalized spacial score (nSPS) is 10.2. The zero-order valence-electron chi connectivity index (χ0n) is 10.3. The van der Waals surface area contributed by atoms with Crippen LogP contribution in [0.4, 0.5) is 5.95 Å². The summed E-state index contributed by atoms with van der Waals surface area (Å²) < 4.78 is 1.51. The molecule has 0 amide bonds. The lowest BCUT2D eigenvalue weighted by atomic mass is 10.1. The number of nitrogens with zero attached hydrogens (tertiary/aromatic N) is 3. The number of phenolic OH excluding ortho intramolecular Hbond substituents is 1. The Kier molecular flexibility index (Phi) is 3.58. The highest BCUT2D eigenvalue weighted by atomic mass is 35.5. The van der Waals surface area contributed by atoms with Crippen molar-refractivity contribution >= 4 is 29.1 Å². The summed E-state index contributed by atoms with van der Waals surface area (Å²) in [5, 5.41) is 19.2. The molecule has 3 aromatic rings. The van der Waals surface area contributed by atoms with Crippen molar-refractivity contribution in [2.75, 3.05) is 5.73 Å². The smallest absolute Gasteiger partial charge is 0.231 e. The van der Waals surface area contributed by atoms with Crippen LogP contribution in [0.2, 0.25) is 0 Å². The van der Waals surface area contributed by atoms with Gasteiger partial charge in [-0.15, -0.1) is 12.4 Å². The summed E-state index contributed by atoms with van der Waals surface area (Å²) in [6.07, 6.45) is 1.45. The number of aromatic nitrogens is 3. The molecular formula is C13H12ClN5O. The van der Waals surface area contributed by atoms with Crippen LogP contribution in [0.15, 0.2) is 42.7 Å². The molecule has 1 aromatic heterocycles. The average molecular weight is 290 g/mol. The average Bonchev–Trinajstić information content (AvgIpc) is 2.38. The van der Waals surface area contributed by atoms with Gasteiger partial charge in [0.05, 0.1) is 5.69 Å². The maximum Gasteiger partial charge on any atom is 0.231 e. The van der Waals surface area contributed by atoms with Crippen LogP contribution in [0, 0.1) is 5.41 Å². The molecule has 6 nitrogen and oxygen atoms in total. The number of phenols is 1. The molecule has 0 unspecified atom stereocenters. The predicted molar refractivity (Wildman–Crippen MR) is 78.0 cm³/mol. The second kappa shape index (κ2) is 5.18. The van der Waals surface area contributed by atoms with Gasteiger partial charge in [0.25, 0.3) is 0 Å². The van der Waals surface area contributed by atoms with E-state index in [0.29, 0.717) is 0 Å². The zero-order chi connectivity index (χ0) is 13.4. The number of hydrogen-bond donors (Lipinski definition) is 3. The van der Waals surface area contributed by atoms with Crippen LogP contribution in [0.5, 0.6) is 5.75 Å². The van der Waals surface area contributed by atoms with Crippen LogP contribution in [-0.4, -0.2) is 19.6 Å². The fraction of sp³-hybridized carbons (Fsp3) is 0. The highest BCUT2D eigenvalue weighted by Crippen LogP contribution is 2.25. The first kappa shape index (κ1) is 13.8. The number of nitrogens with two attached hydrogens (primary N) is 1. The number of hydrogen-bond acceptors (Lipinski definition) is 5. The van der Waals surface area contributed by atoms with Crippen LogP contribution in [0.25, 0.3) is 16.5 Å². The molecule has 20 heavy (non-hydrogen) atoms. The molecule has 0 aliphatic heterocycles. The van der Waals surface area contributed by atoms with Gasteiger partial charge >= 0.3 is 0 Å². The number of aromatic hydroxyl groups is 1. The van der Waals surface area contributed by atoms with E-state index in [1.807, 2.05) is 24.3 Å². The topological polar surface area (TPSA) is 101 Å². The summed E-state index contributed by atoms with van der Waals surface area (Å²) in [6.45, 7) is 0. The van der Waals surface area contributed by atoms with Crippen LogP contribution in [0.1, 0.15) is 0 Å². The van der Waals surface area contributed by atoms with Gasteiger partial charge in [-0.3, -0.25) is 9.98 Å². The molecule has 0 saturated heterocycles. The third-order valence-electron chi connectivity index (χ3n) is 2.86. The van der Waals surface area contributed by atoms with Crippen molar-refractivity contribution in [1.82, 2.24) is 14.5 Å². The highest BCUT2D eigenvalue weighted by Gasteiger charge is 2.05. The summed E-state index contributed by atoms with van der Waals surface area (Å²) in [5.74, 6) is 0.229. The molecule has 102 valence electrons. The number of halogens is 1. The van der Waals surface area contributed by atoms with Crippen LogP contribution < -0.4 is 11.4 Å². The second-order valence-corrected chi connectivity index (χ2v) is 4.09. The van der Waals surface area contributed by atoms with Gasteiger partial charge in [0.15, 0.2) is 0 Å². The molecule has 0 fully saturated rings. The fourth-order valence-corrected chi connectivity index (χ4v) is 1.99. The van der Waals surface area contributed by atoms with Crippen LogP contribution >= 0.6 is 12.4 Å². The molecule has 3 rings (SSSR count). The van der Waals surface area contributed by atoms with Crippen LogP contribution in [-0.2, 0) is 0 Å². The quantitative estimate of drug-likeness (QED) is 0.633. The molecule has 2 aromatic carbocycles. The van der Waals surface area contributed by atoms with Gasteiger partial charge in [0.1, 0.15) is 12.1 Å². The summed E-state index contributed by atoms with van der Waals surface area (Å²) in [7, 11) is 0. The lowest BCUT2D eigenvalue weighted by molar-refractivity contribution is 0.476. The van der Waals surface area contributed by atoms with Crippen molar-refractivity contribution < 1.29 is 5.11 Å². The Hall–Kier alpha value is -2.60. The van der Waals surface area contributed by atoms with Crippen molar-refractivity contribution in [2.45, 2.75) is 0 Å². The molecule has 7 heteroatoms. The van der Waals surface area contributed by atoms with E-state index >= 15 is 0 Å². The lowest BCUT2D eigenvalue weighted by Crippen LogP contribution is -2.23. The Balaban J connectivity index is 0.00000147. The Bertz CT molecular complexity index is 830. The van der Waals surface area contributed by atoms with Crippen molar-refractivity contribution in [3.05, 3.63) is 48.3 Å². The predicted octanol–water partition coefficient (Wildman–Crippen LogP) is 1.61. The standard InChI is InChI=1S/C13H11N5O.ClH/c14-12-16-7-18(13(15)17-12)11-3-1-2-8-4-5-9(19)6-10(8)11;/h1-7,19H,(H3,14,15,17);1H. The third-order valence-corrected chi connectivity index (χ3v) is 2.86. The maximum absolute atomic E-state index is 9.61. The Morgan fingerprint density at radius 3 is 2.75 bits per heavy atom. The van der Waals surface area contributed by atoms with Crippen molar-refractivity contribution in [3.8, 4) is 11.4 Å². The molecular weight excluding hydrogens is 278 g/mol. The molecule has 0 aliphatic carbocycles. The molecule has 0 atom stereocenters. The van der Waals surface area contributed by atoms with Gasteiger partial charge in [0.2, 0.25) is 11.6 Å². The summed E-state index contributed by atoms with van der Waals surface area (Å²) in [5.41, 5.74) is 6.16. The highest BCUT2D eigenvalue weighted by molar-refractivity contribution is 5.91. The van der Waals surface area contributed by atoms with Crippen molar-refractivity contribution in [3.63, 3.8) is 0 Å². The largest absolute Gasteiger partial charge is 0.508 e. The number of fused-ring (bicyclic) bond motifs is 1. The summed E-state index contributed by atoms with van der Waals surface area (Å²) >= 11 is 0. The molecule has 0 saturated carbocycles. The minimum atomic E-state index is -0.0108. The van der Waals surface area contributed by atoms with Gasteiger partial charge in [-0.2, -0.15) is 4.98 Å². The minimum absolute atomic E-state index is 0. The monoisotopic (exact) mass is 289 g/mol. The van der Waals surface area contributed by atoms with E-state index in [9.17, 15) is 5.11 Å². The Morgan fingerprint density at radius 1 is 1.20 bits per heavy atom. The van der Waals surface area contributed by atoms with Gasteiger partial charge in [-0.25, -0.2) is 4.98 Å². The Morgan fingerprint density at radius 2 is 2.00 bits per heavy atom. The van der Waals surface area contributed by atoms with Gasteiger partial charge in [-0.05, 0) is 23.6 Å². The number of rotatable bonds is 1. The molecule has 0 bridgehead atoms. The molecule has 0 aliphatic rings. The number of nitrogens with one attached hydrogen (secondary N) is 1. The third kappa shape index (κ3) is 2.28. The summed E-state index contributed by atoms with van der Waals surface area (Å²) in [6, 6.07) is 10.7. The molecule has 4 N–H and O–H groups in total. The van der Waals surface area contributed by atoms with E-state index in [0.717, 1.165) is 16.5 Å². The van der Waals surface area contributed by atoms with Gasteiger partial charge in [0, 0.05) is 5.39 Å². The summed E-state index contributed by atoms with van der Waals surface area (Å²) in [4.78, 5) is 7.71. The van der Waals surface area contributed by atoms with Crippen molar-refractivity contribution in [1.29, 1.82) is 5.41 Å². The van der Waals surface area contributed by atoms with Crippen LogP contribution in [0.3, 0.4) is 0 Å². The van der Waals surface area contributed by atoms with E-state index < -0.39 is 0 Å². The molecule has 0 radical (unpaired) electrons. The molecule has 0 spiro atoms. The van der Waals surface area contributed by atoms with E-state index in [2.05, 4.69) is 9.97 Å². The second-order valence-electron chi connectivity index (χ2n) is 4.09. The van der Waals surface area contributed by atoms with E-state index in [1.165, 1.54) is 10.9 Å². The first-order valence-electron chi connectivity index (χ1n) is 5.63. The SMILES string of the molecule is Cl.N=c1nc(N)ncn1-c1cccc2ccc(O)cc12. The number of nitrogen functional groups attached to an aromatic ring is 1. The number of anilines is 1. The number of benzene rings is 2. The van der Waals surface area contributed by atoms with E-state index in [4.69, 9.17) is 11.1 Å². The van der Waals surface area contributed by atoms with E-state index in [1.54, 1.807) is 12.1 Å². The Labute approximate surface area is 120 Å². The van der Waals surface area contributed by atoms with Gasteiger partial charge in [-0.1, -0.05) is 18.2 Å². The minimum Gasteiger partial charge on any atom is -0.508 e. The lowest BCUT2D eigenvalue weighted by Gasteiger charge is -2.09. The zero-order valence-corrected chi connectivity index (χ0v) is 11.1. The van der Waals surface area contributed by atoms with Gasteiger partial charge < -0.3 is 10.8 Å².